The Kier molecular flexibility index (Phi) is 5.07. The van der Waals surface area contributed by atoms with Crippen LogP contribution in [0.15, 0.2) is 72.9 Å². The molecule has 0 aliphatic heterocycles. The Morgan fingerprint density at radius 1 is 0.964 bits per heavy atom. The van der Waals surface area contributed by atoms with E-state index in [1.807, 2.05) is 52.9 Å². The van der Waals surface area contributed by atoms with Crippen LogP contribution in [-0.2, 0) is 9.53 Å². The molecule has 0 aliphatic carbocycles. The van der Waals surface area contributed by atoms with Crippen LogP contribution in [0.2, 0.25) is 10.0 Å². The van der Waals surface area contributed by atoms with Crippen molar-refractivity contribution in [3.05, 3.63) is 94.2 Å². The first kappa shape index (κ1) is 18.5. The van der Waals surface area contributed by atoms with Crippen molar-refractivity contribution in [1.29, 1.82) is 0 Å². The van der Waals surface area contributed by atoms with Gasteiger partial charge in [0.05, 0.1) is 23.5 Å². The smallest absolute Gasteiger partial charge is 0.319 e. The summed E-state index contributed by atoms with van der Waals surface area (Å²) in [4.78, 5) is 17.6. The maximum absolute atomic E-state index is 12.9. The van der Waals surface area contributed by atoms with E-state index in [1.165, 1.54) is 7.11 Å². The van der Waals surface area contributed by atoms with E-state index in [0.717, 1.165) is 11.1 Å². The number of aromatic nitrogens is 2. The van der Waals surface area contributed by atoms with Gasteiger partial charge in [-0.15, -0.1) is 0 Å². The van der Waals surface area contributed by atoms with Gasteiger partial charge in [-0.2, -0.15) is 0 Å². The molecule has 0 radical (unpaired) electrons. The lowest BCUT2D eigenvalue weighted by Crippen LogP contribution is -2.18. The number of nitrogens with zero attached hydrogens (tertiary/aromatic N) is 2. The lowest BCUT2D eigenvalue weighted by molar-refractivity contribution is -0.141. The van der Waals surface area contributed by atoms with E-state index in [4.69, 9.17) is 32.9 Å². The van der Waals surface area contributed by atoms with Gasteiger partial charge in [0, 0.05) is 16.8 Å². The number of ether oxygens (including phenoxy) is 1. The molecule has 2 aromatic heterocycles. The fourth-order valence-corrected chi connectivity index (χ4v) is 3.59. The molecule has 0 saturated carbocycles. The van der Waals surface area contributed by atoms with Crippen molar-refractivity contribution in [3.63, 3.8) is 0 Å². The van der Waals surface area contributed by atoms with Gasteiger partial charge in [-0.1, -0.05) is 65.7 Å². The molecule has 0 N–H and O–H groups in total. The van der Waals surface area contributed by atoms with Crippen LogP contribution in [0.4, 0.5) is 0 Å². The van der Waals surface area contributed by atoms with Crippen molar-refractivity contribution < 1.29 is 9.53 Å². The second-order valence-corrected chi connectivity index (χ2v) is 7.17. The summed E-state index contributed by atoms with van der Waals surface area (Å²) >= 11 is 12.3. The molecule has 0 aliphatic rings. The predicted molar refractivity (Wildman–Crippen MR) is 111 cm³/mol. The van der Waals surface area contributed by atoms with Gasteiger partial charge in [0.15, 0.2) is 0 Å². The highest BCUT2D eigenvalue weighted by Crippen LogP contribution is 2.35. The molecular weight excluding hydrogens is 395 g/mol. The summed E-state index contributed by atoms with van der Waals surface area (Å²) in [5.74, 6) is -1.03. The monoisotopic (exact) mass is 410 g/mol. The van der Waals surface area contributed by atoms with E-state index < -0.39 is 5.92 Å². The minimum Gasteiger partial charge on any atom is -0.468 e. The van der Waals surface area contributed by atoms with Gasteiger partial charge in [-0.25, -0.2) is 4.98 Å². The molecule has 0 bridgehead atoms. The van der Waals surface area contributed by atoms with Crippen molar-refractivity contribution in [3.8, 4) is 11.3 Å². The Labute approximate surface area is 172 Å². The van der Waals surface area contributed by atoms with Gasteiger partial charge < -0.3 is 9.14 Å². The highest BCUT2D eigenvalue weighted by Gasteiger charge is 2.31. The lowest BCUT2D eigenvalue weighted by Gasteiger charge is -2.17. The number of carbonyl (C=O) groups is 1. The van der Waals surface area contributed by atoms with Crippen molar-refractivity contribution in [2.24, 2.45) is 0 Å². The Hall–Kier alpha value is -2.82. The van der Waals surface area contributed by atoms with Crippen LogP contribution in [0, 0.1) is 0 Å². The average Bonchev–Trinajstić information content (AvgIpc) is 3.08. The van der Waals surface area contributed by atoms with Gasteiger partial charge in [0.25, 0.3) is 0 Å². The molecule has 1 unspecified atom stereocenters. The van der Waals surface area contributed by atoms with Gasteiger partial charge in [-0.3, -0.25) is 4.79 Å². The summed E-state index contributed by atoms with van der Waals surface area (Å²) in [5.41, 5.74) is 3.72. The molecule has 0 amide bonds. The number of halogens is 2. The Morgan fingerprint density at radius 3 is 2.32 bits per heavy atom. The first-order chi connectivity index (χ1) is 13.6. The molecule has 4 rings (SSSR count). The van der Waals surface area contributed by atoms with E-state index in [9.17, 15) is 4.79 Å². The summed E-state index contributed by atoms with van der Waals surface area (Å²) in [7, 11) is 1.39. The largest absolute Gasteiger partial charge is 0.468 e. The zero-order valence-electron chi connectivity index (χ0n) is 15.0. The van der Waals surface area contributed by atoms with Gasteiger partial charge in [-0.05, 0) is 29.8 Å². The van der Waals surface area contributed by atoms with Gasteiger partial charge in [0.2, 0.25) is 0 Å². The molecule has 0 spiro atoms. The molecule has 140 valence electrons. The van der Waals surface area contributed by atoms with Crippen molar-refractivity contribution in [2.75, 3.05) is 7.11 Å². The molecule has 4 aromatic rings. The molecular formula is C22H16Cl2N2O2. The Balaban J connectivity index is 2.04. The van der Waals surface area contributed by atoms with Crippen molar-refractivity contribution >= 4 is 34.8 Å². The SMILES string of the molecule is COC(=O)C(c1ccccc1)c1c(-c2ccc(Cl)cc2)nc2ccc(Cl)cn12. The fourth-order valence-electron chi connectivity index (χ4n) is 3.30. The van der Waals surface area contributed by atoms with Crippen LogP contribution >= 0.6 is 23.2 Å². The number of carbonyl (C=O) groups excluding carboxylic acids is 1. The number of rotatable bonds is 4. The molecule has 2 aromatic carbocycles. The zero-order chi connectivity index (χ0) is 19.7. The highest BCUT2D eigenvalue weighted by molar-refractivity contribution is 6.30. The summed E-state index contributed by atoms with van der Waals surface area (Å²) in [5, 5.41) is 1.18. The third-order valence-electron chi connectivity index (χ3n) is 4.58. The number of hydrogen-bond donors (Lipinski definition) is 0. The van der Waals surface area contributed by atoms with Gasteiger partial charge in [0.1, 0.15) is 11.6 Å². The van der Waals surface area contributed by atoms with E-state index in [1.54, 1.807) is 24.4 Å². The molecule has 6 heteroatoms. The quantitative estimate of drug-likeness (QED) is 0.410. The Morgan fingerprint density at radius 2 is 1.64 bits per heavy atom. The number of benzene rings is 2. The number of fused-ring (bicyclic) bond motifs is 1. The zero-order valence-corrected chi connectivity index (χ0v) is 16.5. The lowest BCUT2D eigenvalue weighted by atomic mass is 9.92. The summed E-state index contributed by atoms with van der Waals surface area (Å²) < 4.78 is 6.99. The second kappa shape index (κ2) is 7.66. The first-order valence-corrected chi connectivity index (χ1v) is 9.40. The number of esters is 1. The topological polar surface area (TPSA) is 43.6 Å². The van der Waals surface area contributed by atoms with E-state index in [0.29, 0.717) is 27.1 Å². The second-order valence-electron chi connectivity index (χ2n) is 6.29. The minimum absolute atomic E-state index is 0.372. The first-order valence-electron chi connectivity index (χ1n) is 8.64. The molecule has 28 heavy (non-hydrogen) atoms. The highest BCUT2D eigenvalue weighted by atomic mass is 35.5. The summed E-state index contributed by atoms with van der Waals surface area (Å²) in [6.07, 6.45) is 1.76. The van der Waals surface area contributed by atoms with E-state index in [2.05, 4.69) is 0 Å². The van der Waals surface area contributed by atoms with Crippen LogP contribution in [-0.4, -0.2) is 22.5 Å². The molecule has 0 fully saturated rings. The van der Waals surface area contributed by atoms with Crippen LogP contribution in [0.5, 0.6) is 0 Å². The molecule has 0 saturated heterocycles. The number of imidazole rings is 1. The molecule has 4 nitrogen and oxygen atoms in total. The predicted octanol–water partition coefficient (Wildman–Crippen LogP) is 5.61. The van der Waals surface area contributed by atoms with E-state index in [-0.39, 0.29) is 5.97 Å². The van der Waals surface area contributed by atoms with Gasteiger partial charge >= 0.3 is 5.97 Å². The standard InChI is InChI=1S/C22H16Cl2N2O2/c1-28-22(27)19(14-5-3-2-4-6-14)21-20(15-7-9-16(23)10-8-15)25-18-12-11-17(24)13-26(18)21/h2-13,19H,1H3. The Bertz CT molecular complexity index is 1140. The number of methoxy groups -OCH3 is 1. The number of hydrogen-bond acceptors (Lipinski definition) is 3. The van der Waals surface area contributed by atoms with Crippen LogP contribution < -0.4 is 0 Å². The normalized spacial score (nSPS) is 12.1. The van der Waals surface area contributed by atoms with E-state index >= 15 is 0 Å². The summed E-state index contributed by atoms with van der Waals surface area (Å²) in [6, 6.07) is 20.5. The fraction of sp³-hybridized carbons (Fsp3) is 0.0909. The minimum atomic E-state index is -0.662. The molecule has 1 atom stereocenters. The third kappa shape index (κ3) is 3.37. The van der Waals surface area contributed by atoms with Crippen LogP contribution in [0.1, 0.15) is 17.2 Å². The van der Waals surface area contributed by atoms with Crippen LogP contribution in [0.25, 0.3) is 16.9 Å². The van der Waals surface area contributed by atoms with Crippen molar-refractivity contribution in [1.82, 2.24) is 9.38 Å². The van der Waals surface area contributed by atoms with Crippen molar-refractivity contribution in [2.45, 2.75) is 5.92 Å². The third-order valence-corrected chi connectivity index (χ3v) is 5.06. The number of pyridine rings is 1. The van der Waals surface area contributed by atoms with Crippen LogP contribution in [0.3, 0.4) is 0 Å². The average molecular weight is 411 g/mol. The maximum Gasteiger partial charge on any atom is 0.319 e. The molecule has 2 heterocycles. The maximum atomic E-state index is 12.9. The summed E-state index contributed by atoms with van der Waals surface area (Å²) in [6.45, 7) is 0.